The maximum atomic E-state index is 12.8. The van der Waals surface area contributed by atoms with Gasteiger partial charge in [-0.2, -0.15) is 0 Å². The van der Waals surface area contributed by atoms with Crippen LogP contribution in [0.5, 0.6) is 11.5 Å². The lowest BCUT2D eigenvalue weighted by molar-refractivity contribution is -0.130. The molecule has 23 heavy (non-hydrogen) atoms. The molecule has 126 valence electrons. The first-order valence-corrected chi connectivity index (χ1v) is 7.78. The van der Waals surface area contributed by atoms with Gasteiger partial charge in [0.1, 0.15) is 11.5 Å². The Morgan fingerprint density at radius 2 is 1.83 bits per heavy atom. The second-order valence-electron chi connectivity index (χ2n) is 5.93. The molecular formula is C17H24N2O4. The number of carbonyl (C=O) groups excluding carboxylic acids is 2. The van der Waals surface area contributed by atoms with Crippen LogP contribution in [-0.4, -0.2) is 44.0 Å². The van der Waals surface area contributed by atoms with Crippen molar-refractivity contribution in [2.45, 2.75) is 26.2 Å². The zero-order chi connectivity index (χ0) is 17.0. The largest absolute Gasteiger partial charge is 0.497 e. The van der Waals surface area contributed by atoms with Crippen molar-refractivity contribution in [3.8, 4) is 11.5 Å². The van der Waals surface area contributed by atoms with E-state index in [1.807, 2.05) is 6.92 Å². The molecule has 6 nitrogen and oxygen atoms in total. The number of hydrogen-bond acceptors (Lipinski definition) is 4. The van der Waals surface area contributed by atoms with E-state index in [0.717, 1.165) is 12.8 Å². The van der Waals surface area contributed by atoms with E-state index in [-0.39, 0.29) is 11.8 Å². The SMILES string of the molecule is CCC1(C(N)=O)CCCN(C(=O)c2cc(OC)cc(OC)c2)C1. The van der Waals surface area contributed by atoms with Crippen LogP contribution in [0.25, 0.3) is 0 Å². The van der Waals surface area contributed by atoms with Gasteiger partial charge in [0.2, 0.25) is 5.91 Å². The summed E-state index contributed by atoms with van der Waals surface area (Å²) in [6.07, 6.45) is 2.13. The molecule has 1 aliphatic heterocycles. The number of likely N-dealkylation sites (tertiary alicyclic amines) is 1. The van der Waals surface area contributed by atoms with E-state index >= 15 is 0 Å². The van der Waals surface area contributed by atoms with E-state index in [1.165, 1.54) is 0 Å². The van der Waals surface area contributed by atoms with Crippen molar-refractivity contribution >= 4 is 11.8 Å². The van der Waals surface area contributed by atoms with E-state index in [2.05, 4.69) is 0 Å². The Labute approximate surface area is 136 Å². The third-order valence-electron chi connectivity index (χ3n) is 4.66. The summed E-state index contributed by atoms with van der Waals surface area (Å²) in [4.78, 5) is 26.4. The van der Waals surface area contributed by atoms with Gasteiger partial charge in [-0.3, -0.25) is 9.59 Å². The molecular weight excluding hydrogens is 296 g/mol. The molecule has 1 atom stereocenters. The quantitative estimate of drug-likeness (QED) is 0.897. The van der Waals surface area contributed by atoms with Gasteiger partial charge in [0.05, 0.1) is 19.6 Å². The molecule has 1 fully saturated rings. The summed E-state index contributed by atoms with van der Waals surface area (Å²) in [5, 5.41) is 0. The first kappa shape index (κ1) is 17.1. The summed E-state index contributed by atoms with van der Waals surface area (Å²) in [6, 6.07) is 5.07. The number of primary amides is 1. The van der Waals surface area contributed by atoms with E-state index in [0.29, 0.717) is 36.6 Å². The van der Waals surface area contributed by atoms with Crippen LogP contribution >= 0.6 is 0 Å². The zero-order valence-electron chi connectivity index (χ0n) is 13.9. The van der Waals surface area contributed by atoms with E-state index < -0.39 is 5.41 Å². The van der Waals surface area contributed by atoms with E-state index in [4.69, 9.17) is 15.2 Å². The molecule has 6 heteroatoms. The second-order valence-corrected chi connectivity index (χ2v) is 5.93. The Morgan fingerprint density at radius 3 is 2.30 bits per heavy atom. The fourth-order valence-electron chi connectivity index (χ4n) is 3.08. The fourth-order valence-corrected chi connectivity index (χ4v) is 3.08. The number of rotatable bonds is 5. The average molecular weight is 320 g/mol. The van der Waals surface area contributed by atoms with Crippen LogP contribution in [0.15, 0.2) is 18.2 Å². The smallest absolute Gasteiger partial charge is 0.254 e. The summed E-state index contributed by atoms with van der Waals surface area (Å²) >= 11 is 0. The van der Waals surface area contributed by atoms with E-state index in [9.17, 15) is 9.59 Å². The molecule has 1 aromatic carbocycles. The summed E-state index contributed by atoms with van der Waals surface area (Å²) in [7, 11) is 3.08. The fraction of sp³-hybridized carbons (Fsp3) is 0.529. The van der Waals surface area contributed by atoms with Crippen molar-refractivity contribution < 1.29 is 19.1 Å². The summed E-state index contributed by atoms with van der Waals surface area (Å²) < 4.78 is 10.4. The Morgan fingerprint density at radius 1 is 1.22 bits per heavy atom. The Hall–Kier alpha value is -2.24. The zero-order valence-corrected chi connectivity index (χ0v) is 13.9. The first-order chi connectivity index (χ1) is 11.0. The Bertz CT molecular complexity index is 580. The number of nitrogens with two attached hydrogens (primary N) is 1. The normalized spacial score (nSPS) is 20.9. The van der Waals surface area contributed by atoms with Crippen molar-refractivity contribution in [3.63, 3.8) is 0 Å². The molecule has 1 aromatic rings. The number of benzene rings is 1. The van der Waals surface area contributed by atoms with Crippen LogP contribution in [-0.2, 0) is 4.79 Å². The maximum absolute atomic E-state index is 12.8. The van der Waals surface area contributed by atoms with Crippen LogP contribution in [0.3, 0.4) is 0 Å². The highest BCUT2D eigenvalue weighted by molar-refractivity contribution is 5.95. The van der Waals surface area contributed by atoms with Crippen LogP contribution < -0.4 is 15.2 Å². The second kappa shape index (κ2) is 6.89. The molecule has 1 heterocycles. The van der Waals surface area contributed by atoms with Gasteiger partial charge in [-0.15, -0.1) is 0 Å². The minimum atomic E-state index is -0.628. The van der Waals surface area contributed by atoms with Crippen molar-refractivity contribution in [3.05, 3.63) is 23.8 Å². The molecule has 0 aromatic heterocycles. The molecule has 0 saturated carbocycles. The number of hydrogen-bond donors (Lipinski definition) is 1. The highest BCUT2D eigenvalue weighted by Gasteiger charge is 2.40. The molecule has 2 N–H and O–H groups in total. The summed E-state index contributed by atoms with van der Waals surface area (Å²) in [5.74, 6) is 0.643. The highest BCUT2D eigenvalue weighted by Crippen LogP contribution is 2.34. The summed E-state index contributed by atoms with van der Waals surface area (Å²) in [6.45, 7) is 2.91. The van der Waals surface area contributed by atoms with Crippen LogP contribution in [0, 0.1) is 5.41 Å². The first-order valence-electron chi connectivity index (χ1n) is 7.78. The van der Waals surface area contributed by atoms with Gasteiger partial charge in [-0.25, -0.2) is 0 Å². The maximum Gasteiger partial charge on any atom is 0.254 e. The monoisotopic (exact) mass is 320 g/mol. The number of carbonyl (C=O) groups is 2. The topological polar surface area (TPSA) is 81.9 Å². The van der Waals surface area contributed by atoms with Gasteiger partial charge in [-0.1, -0.05) is 6.92 Å². The minimum Gasteiger partial charge on any atom is -0.497 e. The average Bonchev–Trinajstić information content (AvgIpc) is 2.60. The van der Waals surface area contributed by atoms with Crippen molar-refractivity contribution in [2.75, 3.05) is 27.3 Å². The molecule has 2 rings (SSSR count). The van der Waals surface area contributed by atoms with E-state index in [1.54, 1.807) is 37.3 Å². The molecule has 1 saturated heterocycles. The molecule has 1 aliphatic rings. The third-order valence-corrected chi connectivity index (χ3v) is 4.66. The van der Waals surface area contributed by atoms with Crippen molar-refractivity contribution in [2.24, 2.45) is 11.1 Å². The van der Waals surface area contributed by atoms with Crippen molar-refractivity contribution in [1.29, 1.82) is 0 Å². The lowest BCUT2D eigenvalue weighted by Crippen LogP contribution is -2.51. The number of piperidine rings is 1. The summed E-state index contributed by atoms with van der Waals surface area (Å²) in [5.41, 5.74) is 5.44. The Balaban J connectivity index is 2.28. The molecule has 0 aliphatic carbocycles. The van der Waals surface area contributed by atoms with Crippen LogP contribution in [0.1, 0.15) is 36.5 Å². The van der Waals surface area contributed by atoms with Gasteiger partial charge in [-0.05, 0) is 31.4 Å². The number of ether oxygens (including phenoxy) is 2. The predicted octanol–water partition coefficient (Wildman–Crippen LogP) is 1.82. The highest BCUT2D eigenvalue weighted by atomic mass is 16.5. The minimum absolute atomic E-state index is 0.138. The lowest BCUT2D eigenvalue weighted by Gasteiger charge is -2.40. The lowest BCUT2D eigenvalue weighted by atomic mass is 9.77. The molecule has 1 unspecified atom stereocenters. The van der Waals surface area contributed by atoms with Crippen molar-refractivity contribution in [1.82, 2.24) is 4.90 Å². The molecule has 0 spiro atoms. The molecule has 2 amide bonds. The van der Waals surface area contributed by atoms with Gasteiger partial charge >= 0.3 is 0 Å². The van der Waals surface area contributed by atoms with Gasteiger partial charge in [0.15, 0.2) is 0 Å². The van der Waals surface area contributed by atoms with Crippen LogP contribution in [0.2, 0.25) is 0 Å². The van der Waals surface area contributed by atoms with Gasteiger partial charge in [0, 0.05) is 24.7 Å². The molecule has 0 bridgehead atoms. The number of methoxy groups -OCH3 is 2. The third kappa shape index (κ3) is 3.41. The standard InChI is InChI=1S/C17H24N2O4/c1-4-17(16(18)21)6-5-7-19(11-17)15(20)12-8-13(22-2)10-14(9-12)23-3/h8-10H,4-7,11H2,1-3H3,(H2,18,21). The predicted molar refractivity (Wildman–Crippen MR) is 86.6 cm³/mol. The van der Waals surface area contributed by atoms with Gasteiger partial charge in [0.25, 0.3) is 5.91 Å². The van der Waals surface area contributed by atoms with Gasteiger partial charge < -0.3 is 20.1 Å². The molecule has 0 radical (unpaired) electrons. The number of amides is 2. The number of nitrogens with zero attached hydrogens (tertiary/aromatic N) is 1. The van der Waals surface area contributed by atoms with Crippen LogP contribution in [0.4, 0.5) is 0 Å². The Kier molecular flexibility index (Phi) is 5.13.